The number of ketones is 1. The number of rotatable bonds is 5. The van der Waals surface area contributed by atoms with Gasteiger partial charge in [-0.15, -0.1) is 0 Å². The number of allylic oxidation sites excluding steroid dienone is 1. The number of hydrogen-bond acceptors (Lipinski definition) is 5. The lowest BCUT2D eigenvalue weighted by molar-refractivity contribution is 0.102. The zero-order valence-corrected chi connectivity index (χ0v) is 20.5. The van der Waals surface area contributed by atoms with Gasteiger partial charge in [0.2, 0.25) is 0 Å². The van der Waals surface area contributed by atoms with Crippen LogP contribution in [0, 0.1) is 0 Å². The number of ether oxygens (including phenoxy) is 1. The number of fused-ring (bicyclic) bond motifs is 2. The van der Waals surface area contributed by atoms with E-state index in [1.165, 1.54) is 0 Å². The molecule has 0 bridgehead atoms. The van der Waals surface area contributed by atoms with Crippen LogP contribution in [-0.2, 0) is 6.42 Å². The number of nitrogens with zero attached hydrogens (tertiary/aromatic N) is 1. The van der Waals surface area contributed by atoms with Gasteiger partial charge in [-0.05, 0) is 74.4 Å². The van der Waals surface area contributed by atoms with Crippen molar-refractivity contribution in [3.05, 3.63) is 107 Å². The minimum absolute atomic E-state index is 0.187. The highest BCUT2D eigenvalue weighted by molar-refractivity contribution is 6.12. The molecule has 0 saturated carbocycles. The number of carbonyl (C=O) groups excluding carboxylic acids is 2. The molecule has 0 unspecified atom stereocenters. The van der Waals surface area contributed by atoms with Gasteiger partial charge in [-0.1, -0.05) is 24.3 Å². The lowest BCUT2D eigenvalue weighted by Gasteiger charge is -2.35. The molecule has 0 saturated heterocycles. The maximum absolute atomic E-state index is 13.3. The second kappa shape index (κ2) is 9.30. The van der Waals surface area contributed by atoms with Gasteiger partial charge in [0.05, 0.1) is 18.3 Å². The first-order chi connectivity index (χ1) is 17.3. The normalized spacial score (nSPS) is 15.1. The average molecular weight is 478 g/mol. The van der Waals surface area contributed by atoms with Crippen molar-refractivity contribution < 1.29 is 14.3 Å². The molecule has 1 aliphatic rings. The molecule has 4 aromatic rings. The molecule has 6 heteroatoms. The van der Waals surface area contributed by atoms with E-state index in [0.29, 0.717) is 16.8 Å². The van der Waals surface area contributed by atoms with Crippen LogP contribution in [0.15, 0.2) is 85.1 Å². The summed E-state index contributed by atoms with van der Waals surface area (Å²) in [4.78, 5) is 30.7. The minimum atomic E-state index is -0.291. The summed E-state index contributed by atoms with van der Waals surface area (Å²) in [5.41, 5.74) is 4.93. The quantitative estimate of drug-likeness (QED) is 0.287. The van der Waals surface area contributed by atoms with E-state index < -0.39 is 0 Å². The van der Waals surface area contributed by atoms with E-state index in [9.17, 15) is 9.59 Å². The summed E-state index contributed by atoms with van der Waals surface area (Å²) >= 11 is 0. The number of hydrogen-bond donors (Lipinski definition) is 2. The molecule has 1 aliphatic heterocycles. The van der Waals surface area contributed by atoms with Crippen molar-refractivity contribution in [2.24, 2.45) is 0 Å². The van der Waals surface area contributed by atoms with E-state index in [4.69, 9.17) is 4.74 Å². The van der Waals surface area contributed by atoms with Gasteiger partial charge in [-0.3, -0.25) is 14.6 Å². The van der Waals surface area contributed by atoms with Crippen molar-refractivity contribution in [3.8, 4) is 5.75 Å². The number of methoxy groups -OCH3 is 1. The molecule has 2 heterocycles. The molecule has 2 N–H and O–H groups in total. The minimum Gasteiger partial charge on any atom is -0.497 e. The van der Waals surface area contributed by atoms with Crippen molar-refractivity contribution in [1.29, 1.82) is 0 Å². The summed E-state index contributed by atoms with van der Waals surface area (Å²) in [6.45, 7) is 4.21. The van der Waals surface area contributed by atoms with Gasteiger partial charge in [0, 0.05) is 45.6 Å². The third-order valence-electron chi connectivity index (χ3n) is 6.29. The third kappa shape index (κ3) is 4.70. The Balaban J connectivity index is 1.43. The number of nitrogens with one attached hydrogen (secondary N) is 2. The molecule has 3 aromatic carbocycles. The Kier molecular flexibility index (Phi) is 6.02. The van der Waals surface area contributed by atoms with Crippen molar-refractivity contribution in [1.82, 2.24) is 10.3 Å². The maximum Gasteiger partial charge on any atom is 0.255 e. The van der Waals surface area contributed by atoms with Crippen LogP contribution in [0.2, 0.25) is 0 Å². The molecule has 1 aromatic heterocycles. The molecular weight excluding hydrogens is 450 g/mol. The second-order valence-electron chi connectivity index (χ2n) is 9.54. The summed E-state index contributed by atoms with van der Waals surface area (Å²) in [7, 11) is 1.63. The molecule has 5 rings (SSSR count). The Morgan fingerprint density at radius 2 is 1.81 bits per heavy atom. The summed E-state index contributed by atoms with van der Waals surface area (Å²) in [5.74, 6) is 0.254. The highest BCUT2D eigenvalue weighted by Gasteiger charge is 2.28. The van der Waals surface area contributed by atoms with Crippen LogP contribution >= 0.6 is 0 Å². The van der Waals surface area contributed by atoms with Gasteiger partial charge in [0.25, 0.3) is 5.91 Å². The maximum atomic E-state index is 13.3. The Morgan fingerprint density at radius 3 is 2.64 bits per heavy atom. The van der Waals surface area contributed by atoms with Crippen LogP contribution in [0.25, 0.3) is 16.6 Å². The van der Waals surface area contributed by atoms with Gasteiger partial charge >= 0.3 is 0 Å². The van der Waals surface area contributed by atoms with Crippen LogP contribution in [0.5, 0.6) is 5.75 Å². The number of anilines is 1. The number of carbonyl (C=O) groups is 2. The first-order valence-corrected chi connectivity index (χ1v) is 11.8. The van der Waals surface area contributed by atoms with E-state index in [-0.39, 0.29) is 17.2 Å². The van der Waals surface area contributed by atoms with Gasteiger partial charge in [0.1, 0.15) is 5.75 Å². The summed E-state index contributed by atoms with van der Waals surface area (Å²) in [5, 5.41) is 7.29. The first-order valence-electron chi connectivity index (χ1n) is 11.8. The lowest BCUT2D eigenvalue weighted by atomic mass is 9.85. The zero-order valence-electron chi connectivity index (χ0n) is 20.5. The molecule has 0 aliphatic carbocycles. The van der Waals surface area contributed by atoms with Gasteiger partial charge in [-0.2, -0.15) is 0 Å². The number of amides is 1. The van der Waals surface area contributed by atoms with Crippen molar-refractivity contribution in [3.63, 3.8) is 0 Å². The van der Waals surface area contributed by atoms with Crippen LogP contribution in [0.1, 0.15) is 45.7 Å². The second-order valence-corrected chi connectivity index (χ2v) is 9.54. The first kappa shape index (κ1) is 23.3. The summed E-state index contributed by atoms with van der Waals surface area (Å²) in [6.07, 6.45) is 4.15. The Bertz CT molecular complexity index is 1520. The Morgan fingerprint density at radius 1 is 1.00 bits per heavy atom. The van der Waals surface area contributed by atoms with Crippen LogP contribution in [-0.4, -0.2) is 29.3 Å². The number of aromatic nitrogens is 1. The summed E-state index contributed by atoms with van der Waals surface area (Å²) < 4.78 is 5.40. The molecule has 0 radical (unpaired) electrons. The average Bonchev–Trinajstić information content (AvgIpc) is 2.88. The zero-order chi connectivity index (χ0) is 25.3. The van der Waals surface area contributed by atoms with Crippen molar-refractivity contribution >= 4 is 34.0 Å². The topological polar surface area (TPSA) is 80.3 Å². The fourth-order valence-corrected chi connectivity index (χ4v) is 4.59. The van der Waals surface area contributed by atoms with Gasteiger partial charge in [-0.25, -0.2) is 0 Å². The fourth-order valence-electron chi connectivity index (χ4n) is 4.59. The molecule has 180 valence electrons. The van der Waals surface area contributed by atoms with Crippen LogP contribution in [0.3, 0.4) is 0 Å². The molecule has 1 amide bonds. The van der Waals surface area contributed by atoms with E-state index in [1.807, 2.05) is 48.5 Å². The SMILES string of the molecule is COc1ccc2c(c1)/C(=C/C(=O)c1cccc(C(=O)Nc3cccc4ncccc34)c1)NC(C)(C)C2. The molecule has 6 nitrogen and oxygen atoms in total. The summed E-state index contributed by atoms with van der Waals surface area (Å²) in [6, 6.07) is 22.0. The van der Waals surface area contributed by atoms with E-state index in [1.54, 1.807) is 43.6 Å². The predicted molar refractivity (Wildman–Crippen MR) is 142 cm³/mol. The van der Waals surface area contributed by atoms with Gasteiger partial charge in [0.15, 0.2) is 5.78 Å². The number of benzene rings is 3. The molecular formula is C30H27N3O3. The highest BCUT2D eigenvalue weighted by Crippen LogP contribution is 2.32. The predicted octanol–water partition coefficient (Wildman–Crippen LogP) is 5.64. The monoisotopic (exact) mass is 477 g/mol. The van der Waals surface area contributed by atoms with Crippen LogP contribution < -0.4 is 15.4 Å². The molecule has 0 atom stereocenters. The fraction of sp³-hybridized carbons (Fsp3) is 0.167. The van der Waals surface area contributed by atoms with E-state index in [0.717, 1.165) is 39.9 Å². The molecule has 36 heavy (non-hydrogen) atoms. The van der Waals surface area contributed by atoms with E-state index in [2.05, 4.69) is 29.5 Å². The largest absolute Gasteiger partial charge is 0.497 e. The van der Waals surface area contributed by atoms with Gasteiger partial charge < -0.3 is 15.4 Å². The molecule has 0 fully saturated rings. The molecule has 0 spiro atoms. The smallest absolute Gasteiger partial charge is 0.255 e. The number of pyridine rings is 1. The van der Waals surface area contributed by atoms with Crippen molar-refractivity contribution in [2.75, 3.05) is 12.4 Å². The van der Waals surface area contributed by atoms with E-state index >= 15 is 0 Å². The van der Waals surface area contributed by atoms with Crippen LogP contribution in [0.4, 0.5) is 5.69 Å². The highest BCUT2D eigenvalue weighted by atomic mass is 16.5. The Labute approximate surface area is 210 Å². The lowest BCUT2D eigenvalue weighted by Crippen LogP contribution is -2.43. The van der Waals surface area contributed by atoms with Crippen molar-refractivity contribution in [2.45, 2.75) is 25.8 Å². The Hall–Kier alpha value is -4.45. The third-order valence-corrected chi connectivity index (χ3v) is 6.29. The standard InChI is InChI=1S/C30H27N3O3/c1-30(2)18-21-12-13-22(36-3)16-24(21)27(33-30)17-28(34)19-7-4-8-20(15-19)29(35)32-26-11-5-10-25-23(26)9-6-14-31-25/h4-17,33H,18H2,1-3H3,(H,32,35)/b27-17-.